The van der Waals surface area contributed by atoms with Crippen molar-refractivity contribution in [2.45, 2.75) is 32.4 Å². The zero-order valence-electron chi connectivity index (χ0n) is 11.7. The van der Waals surface area contributed by atoms with E-state index < -0.39 is 0 Å². The highest BCUT2D eigenvalue weighted by molar-refractivity contribution is 6.33. The van der Waals surface area contributed by atoms with Crippen LogP contribution in [0, 0.1) is 0 Å². The molecule has 0 aromatic carbocycles. The Hall–Kier alpha value is -0.840. The summed E-state index contributed by atoms with van der Waals surface area (Å²) in [5, 5.41) is 4.00. The van der Waals surface area contributed by atoms with Crippen molar-refractivity contribution in [2.24, 2.45) is 0 Å². The number of methoxy groups -OCH3 is 1. The molecule has 2 rings (SSSR count). The van der Waals surface area contributed by atoms with Gasteiger partial charge in [-0.25, -0.2) is 4.98 Å². The number of anilines is 1. The third-order valence-electron chi connectivity index (χ3n) is 3.47. The Kier molecular flexibility index (Phi) is 5.43. The number of rotatable bonds is 5. The molecule has 0 spiro atoms. The lowest BCUT2D eigenvalue weighted by Gasteiger charge is -2.33. The van der Waals surface area contributed by atoms with Crippen LogP contribution in [0.25, 0.3) is 0 Å². The van der Waals surface area contributed by atoms with Crippen LogP contribution in [0.2, 0.25) is 5.02 Å². The molecule has 1 atom stereocenters. The van der Waals surface area contributed by atoms with Crippen LogP contribution in [0.5, 0.6) is 0 Å². The van der Waals surface area contributed by atoms with E-state index in [4.69, 9.17) is 16.3 Å². The maximum Gasteiger partial charge on any atom is 0.147 e. The van der Waals surface area contributed by atoms with Gasteiger partial charge in [-0.3, -0.25) is 0 Å². The predicted octanol–water partition coefficient (Wildman–Crippen LogP) is 2.46. The van der Waals surface area contributed by atoms with Gasteiger partial charge in [0.15, 0.2) is 0 Å². The Bertz CT molecular complexity index is 414. The predicted molar refractivity (Wildman–Crippen MR) is 78.9 cm³/mol. The van der Waals surface area contributed by atoms with Crippen molar-refractivity contribution in [1.29, 1.82) is 0 Å². The lowest BCUT2D eigenvalue weighted by Crippen LogP contribution is -2.39. The maximum absolute atomic E-state index is 6.36. The van der Waals surface area contributed by atoms with E-state index in [1.165, 1.54) is 0 Å². The summed E-state index contributed by atoms with van der Waals surface area (Å²) in [4.78, 5) is 6.74. The molecular weight excluding hydrogens is 262 g/mol. The van der Waals surface area contributed by atoms with Gasteiger partial charge < -0.3 is 15.0 Å². The zero-order chi connectivity index (χ0) is 13.7. The van der Waals surface area contributed by atoms with Crippen LogP contribution >= 0.6 is 11.6 Å². The van der Waals surface area contributed by atoms with Crippen molar-refractivity contribution in [3.05, 3.63) is 22.8 Å². The summed E-state index contributed by atoms with van der Waals surface area (Å²) in [7, 11) is 1.77. The Morgan fingerprint density at radius 3 is 3.11 bits per heavy atom. The highest BCUT2D eigenvalue weighted by Gasteiger charge is 2.22. The number of ether oxygens (including phenoxy) is 1. The topological polar surface area (TPSA) is 37.4 Å². The van der Waals surface area contributed by atoms with Crippen LogP contribution in [0.3, 0.4) is 0 Å². The molecule has 1 aromatic heterocycles. The SMILES string of the molecule is CCNCc1cnc(N2CCCC(OC)C2)c(Cl)c1. The van der Waals surface area contributed by atoms with Gasteiger partial charge in [0.25, 0.3) is 0 Å². The number of piperidine rings is 1. The molecule has 19 heavy (non-hydrogen) atoms. The van der Waals surface area contributed by atoms with Crippen LogP contribution in [-0.4, -0.2) is 37.8 Å². The Morgan fingerprint density at radius 1 is 1.58 bits per heavy atom. The Morgan fingerprint density at radius 2 is 2.42 bits per heavy atom. The van der Waals surface area contributed by atoms with E-state index in [0.29, 0.717) is 0 Å². The molecule has 1 aromatic rings. The summed E-state index contributed by atoms with van der Waals surface area (Å²) in [5.41, 5.74) is 1.12. The molecule has 1 aliphatic heterocycles. The fourth-order valence-electron chi connectivity index (χ4n) is 2.39. The lowest BCUT2D eigenvalue weighted by atomic mass is 10.1. The summed E-state index contributed by atoms with van der Waals surface area (Å²) < 4.78 is 5.44. The molecule has 1 aliphatic rings. The van der Waals surface area contributed by atoms with Gasteiger partial charge in [0.05, 0.1) is 11.1 Å². The van der Waals surface area contributed by atoms with E-state index in [1.807, 2.05) is 12.3 Å². The van der Waals surface area contributed by atoms with Gasteiger partial charge in [0.1, 0.15) is 5.82 Å². The largest absolute Gasteiger partial charge is 0.380 e. The van der Waals surface area contributed by atoms with Gasteiger partial charge in [-0.15, -0.1) is 0 Å². The van der Waals surface area contributed by atoms with Crippen molar-refractivity contribution in [3.8, 4) is 0 Å². The smallest absolute Gasteiger partial charge is 0.147 e. The molecule has 0 amide bonds. The quantitative estimate of drug-likeness (QED) is 0.901. The molecule has 0 radical (unpaired) electrons. The summed E-state index contributed by atoms with van der Waals surface area (Å²) in [6.07, 6.45) is 4.42. The van der Waals surface area contributed by atoms with Gasteiger partial charge in [-0.05, 0) is 31.0 Å². The fraction of sp³-hybridized carbons (Fsp3) is 0.643. The molecule has 1 saturated heterocycles. The van der Waals surface area contributed by atoms with Crippen molar-refractivity contribution in [2.75, 3.05) is 31.6 Å². The molecule has 5 heteroatoms. The van der Waals surface area contributed by atoms with Crippen LogP contribution in [0.4, 0.5) is 5.82 Å². The van der Waals surface area contributed by atoms with Crippen molar-refractivity contribution in [3.63, 3.8) is 0 Å². The van der Waals surface area contributed by atoms with Crippen molar-refractivity contribution < 1.29 is 4.74 Å². The Balaban J connectivity index is 2.07. The van der Waals surface area contributed by atoms with Crippen molar-refractivity contribution in [1.82, 2.24) is 10.3 Å². The minimum absolute atomic E-state index is 0.285. The Labute approximate surface area is 120 Å². The lowest BCUT2D eigenvalue weighted by molar-refractivity contribution is 0.0891. The first kappa shape index (κ1) is 14.6. The number of halogens is 1. The second kappa shape index (κ2) is 7.08. The first-order valence-corrected chi connectivity index (χ1v) is 7.25. The van der Waals surface area contributed by atoms with Crippen molar-refractivity contribution >= 4 is 17.4 Å². The summed E-state index contributed by atoms with van der Waals surface area (Å²) in [6.45, 7) is 5.71. The van der Waals surface area contributed by atoms with E-state index >= 15 is 0 Å². The fourth-order valence-corrected chi connectivity index (χ4v) is 2.70. The second-order valence-corrected chi connectivity index (χ2v) is 5.28. The van der Waals surface area contributed by atoms with E-state index in [9.17, 15) is 0 Å². The number of hydrogen-bond donors (Lipinski definition) is 1. The van der Waals surface area contributed by atoms with E-state index in [-0.39, 0.29) is 6.10 Å². The van der Waals surface area contributed by atoms with Crippen LogP contribution in [0.15, 0.2) is 12.3 Å². The van der Waals surface area contributed by atoms with Gasteiger partial charge in [0, 0.05) is 32.9 Å². The average molecular weight is 284 g/mol. The third kappa shape index (κ3) is 3.81. The monoisotopic (exact) mass is 283 g/mol. The molecule has 0 aliphatic carbocycles. The highest BCUT2D eigenvalue weighted by atomic mass is 35.5. The zero-order valence-corrected chi connectivity index (χ0v) is 12.4. The van der Waals surface area contributed by atoms with Gasteiger partial charge in [-0.2, -0.15) is 0 Å². The molecule has 0 bridgehead atoms. The first-order valence-electron chi connectivity index (χ1n) is 6.87. The standard InChI is InChI=1S/C14H22ClN3O/c1-3-16-8-11-7-13(15)14(17-9-11)18-6-4-5-12(10-18)19-2/h7,9,12,16H,3-6,8,10H2,1-2H3. The number of pyridine rings is 1. The van der Waals surface area contributed by atoms with Crippen LogP contribution < -0.4 is 10.2 Å². The minimum Gasteiger partial charge on any atom is -0.380 e. The molecule has 4 nitrogen and oxygen atoms in total. The molecule has 1 N–H and O–H groups in total. The second-order valence-electron chi connectivity index (χ2n) is 4.88. The maximum atomic E-state index is 6.36. The highest BCUT2D eigenvalue weighted by Crippen LogP contribution is 2.27. The normalized spacial score (nSPS) is 19.7. The van der Waals surface area contributed by atoms with Crippen LogP contribution in [-0.2, 0) is 11.3 Å². The van der Waals surface area contributed by atoms with Crippen LogP contribution in [0.1, 0.15) is 25.3 Å². The van der Waals surface area contributed by atoms with Gasteiger partial charge in [0.2, 0.25) is 0 Å². The molecule has 0 saturated carbocycles. The van der Waals surface area contributed by atoms with Gasteiger partial charge in [-0.1, -0.05) is 18.5 Å². The average Bonchev–Trinajstić information content (AvgIpc) is 2.45. The summed E-state index contributed by atoms with van der Waals surface area (Å²) >= 11 is 6.36. The summed E-state index contributed by atoms with van der Waals surface area (Å²) in [5.74, 6) is 0.878. The number of nitrogens with one attached hydrogen (secondary N) is 1. The minimum atomic E-state index is 0.285. The molecule has 2 heterocycles. The summed E-state index contributed by atoms with van der Waals surface area (Å²) in [6, 6.07) is 2.00. The van der Waals surface area contributed by atoms with E-state index in [2.05, 4.69) is 22.1 Å². The number of hydrogen-bond acceptors (Lipinski definition) is 4. The molecule has 1 unspecified atom stereocenters. The van der Waals surface area contributed by atoms with E-state index in [0.717, 1.165) is 55.4 Å². The molecule has 1 fully saturated rings. The molecular formula is C14H22ClN3O. The third-order valence-corrected chi connectivity index (χ3v) is 3.75. The number of aromatic nitrogens is 1. The first-order chi connectivity index (χ1) is 9.24. The van der Waals surface area contributed by atoms with E-state index in [1.54, 1.807) is 7.11 Å². The van der Waals surface area contributed by atoms with Gasteiger partial charge >= 0.3 is 0 Å². The molecule has 106 valence electrons. The number of nitrogens with zero attached hydrogens (tertiary/aromatic N) is 2.